The Morgan fingerprint density at radius 2 is 2.00 bits per heavy atom. The third kappa shape index (κ3) is 3.78. The van der Waals surface area contributed by atoms with Crippen LogP contribution in [0, 0.1) is 5.92 Å². The number of aryl methyl sites for hydroxylation is 1. The van der Waals surface area contributed by atoms with Gasteiger partial charge in [-0.2, -0.15) is 0 Å². The van der Waals surface area contributed by atoms with E-state index in [1.165, 1.54) is 13.5 Å². The van der Waals surface area contributed by atoms with Crippen LogP contribution in [-0.4, -0.2) is 32.1 Å². The van der Waals surface area contributed by atoms with Crippen LogP contribution in [0.5, 0.6) is 0 Å². The molecular weight excluding hydrogens is 304 g/mol. The molecule has 1 fully saturated rings. The van der Waals surface area contributed by atoms with Gasteiger partial charge in [-0.05, 0) is 43.4 Å². The molecule has 1 heterocycles. The summed E-state index contributed by atoms with van der Waals surface area (Å²) in [7, 11) is 1.53. The van der Waals surface area contributed by atoms with Crippen molar-refractivity contribution >= 4 is 23.2 Å². The Bertz CT molecular complexity index is 609. The normalized spacial score (nSPS) is 18.1. The summed E-state index contributed by atoms with van der Waals surface area (Å²) in [5.41, 5.74) is 2.84. The SMILES string of the molecule is COCC(=O)N1CCCc2ccc(NC(=O)C3CCCCC3)cc21. The monoisotopic (exact) mass is 330 g/mol. The molecule has 2 amide bonds. The number of hydrogen-bond acceptors (Lipinski definition) is 3. The predicted octanol–water partition coefficient (Wildman–Crippen LogP) is 3.13. The molecule has 1 aromatic rings. The number of benzene rings is 1. The standard InChI is InChI=1S/C19H26N2O3/c1-24-13-18(22)21-11-5-8-14-9-10-16(12-17(14)21)20-19(23)15-6-3-2-4-7-15/h9-10,12,15H,2-8,11,13H2,1H3,(H,20,23). The van der Waals surface area contributed by atoms with E-state index in [0.717, 1.165) is 55.5 Å². The van der Waals surface area contributed by atoms with Gasteiger partial charge in [-0.3, -0.25) is 9.59 Å². The molecule has 1 N–H and O–H groups in total. The van der Waals surface area contributed by atoms with Crippen LogP contribution in [0.3, 0.4) is 0 Å². The summed E-state index contributed by atoms with van der Waals surface area (Å²) < 4.78 is 4.99. The van der Waals surface area contributed by atoms with Crippen molar-refractivity contribution < 1.29 is 14.3 Å². The summed E-state index contributed by atoms with van der Waals surface area (Å²) in [5.74, 6) is 0.204. The van der Waals surface area contributed by atoms with Crippen molar-refractivity contribution in [2.45, 2.75) is 44.9 Å². The maximum Gasteiger partial charge on any atom is 0.252 e. The lowest BCUT2D eigenvalue weighted by Crippen LogP contribution is -2.37. The smallest absolute Gasteiger partial charge is 0.252 e. The van der Waals surface area contributed by atoms with E-state index in [9.17, 15) is 9.59 Å². The molecule has 1 aliphatic carbocycles. The van der Waals surface area contributed by atoms with E-state index >= 15 is 0 Å². The number of carbonyl (C=O) groups is 2. The summed E-state index contributed by atoms with van der Waals surface area (Å²) in [6, 6.07) is 5.91. The van der Waals surface area contributed by atoms with Crippen molar-refractivity contribution in [1.29, 1.82) is 0 Å². The van der Waals surface area contributed by atoms with Gasteiger partial charge in [-0.1, -0.05) is 25.3 Å². The van der Waals surface area contributed by atoms with Crippen LogP contribution >= 0.6 is 0 Å². The molecule has 0 spiro atoms. The fourth-order valence-electron chi connectivity index (χ4n) is 3.72. The summed E-state index contributed by atoms with van der Waals surface area (Å²) in [5, 5.41) is 3.05. The minimum absolute atomic E-state index is 0.0331. The number of anilines is 2. The molecule has 2 aliphatic rings. The lowest BCUT2D eigenvalue weighted by atomic mass is 9.88. The first-order chi connectivity index (χ1) is 11.7. The second kappa shape index (κ2) is 7.79. The first-order valence-corrected chi connectivity index (χ1v) is 8.92. The summed E-state index contributed by atoms with van der Waals surface area (Å²) in [6.45, 7) is 0.785. The third-order valence-electron chi connectivity index (χ3n) is 5.02. The molecule has 1 aliphatic heterocycles. The van der Waals surface area contributed by atoms with E-state index in [-0.39, 0.29) is 24.3 Å². The molecule has 1 aromatic carbocycles. The number of nitrogens with one attached hydrogen (secondary N) is 1. The Labute approximate surface area is 143 Å². The average Bonchev–Trinajstić information content (AvgIpc) is 2.62. The van der Waals surface area contributed by atoms with Crippen molar-refractivity contribution in [3.63, 3.8) is 0 Å². The van der Waals surface area contributed by atoms with E-state index in [2.05, 4.69) is 5.32 Å². The summed E-state index contributed by atoms with van der Waals surface area (Å²) in [4.78, 5) is 26.5. The van der Waals surface area contributed by atoms with Gasteiger partial charge < -0.3 is 15.0 Å². The molecule has 0 unspecified atom stereocenters. The molecule has 0 radical (unpaired) electrons. The highest BCUT2D eigenvalue weighted by molar-refractivity contribution is 5.97. The van der Waals surface area contributed by atoms with Gasteiger partial charge in [0.2, 0.25) is 5.91 Å². The number of hydrogen-bond donors (Lipinski definition) is 1. The first-order valence-electron chi connectivity index (χ1n) is 8.92. The van der Waals surface area contributed by atoms with Crippen LogP contribution in [0.25, 0.3) is 0 Å². The second-order valence-electron chi connectivity index (χ2n) is 6.75. The van der Waals surface area contributed by atoms with Crippen LogP contribution in [-0.2, 0) is 20.7 Å². The van der Waals surface area contributed by atoms with Crippen LogP contribution in [0.4, 0.5) is 11.4 Å². The molecule has 24 heavy (non-hydrogen) atoms. The van der Waals surface area contributed by atoms with Crippen molar-refractivity contribution in [2.75, 3.05) is 30.5 Å². The maximum atomic E-state index is 12.4. The first kappa shape index (κ1) is 17.0. The Balaban J connectivity index is 1.75. The summed E-state index contributed by atoms with van der Waals surface area (Å²) >= 11 is 0. The topological polar surface area (TPSA) is 58.6 Å². The van der Waals surface area contributed by atoms with Crippen LogP contribution in [0.15, 0.2) is 18.2 Å². The second-order valence-corrected chi connectivity index (χ2v) is 6.75. The van der Waals surface area contributed by atoms with Crippen LogP contribution in [0.2, 0.25) is 0 Å². The number of methoxy groups -OCH3 is 1. The number of rotatable bonds is 4. The number of carbonyl (C=O) groups excluding carboxylic acids is 2. The van der Waals surface area contributed by atoms with E-state index in [4.69, 9.17) is 4.74 Å². The van der Waals surface area contributed by atoms with Crippen LogP contribution < -0.4 is 10.2 Å². The average molecular weight is 330 g/mol. The molecule has 0 saturated heterocycles. The van der Waals surface area contributed by atoms with Crippen molar-refractivity contribution in [2.24, 2.45) is 5.92 Å². The number of ether oxygens (including phenoxy) is 1. The van der Waals surface area contributed by atoms with Gasteiger partial charge in [-0.25, -0.2) is 0 Å². The van der Waals surface area contributed by atoms with Gasteiger partial charge in [0.15, 0.2) is 0 Å². The van der Waals surface area contributed by atoms with Gasteiger partial charge >= 0.3 is 0 Å². The lowest BCUT2D eigenvalue weighted by Gasteiger charge is -2.30. The zero-order chi connectivity index (χ0) is 16.9. The highest BCUT2D eigenvalue weighted by atomic mass is 16.5. The molecule has 5 nitrogen and oxygen atoms in total. The largest absolute Gasteiger partial charge is 0.375 e. The third-order valence-corrected chi connectivity index (χ3v) is 5.02. The van der Waals surface area contributed by atoms with Gasteiger partial charge in [0.05, 0.1) is 0 Å². The van der Waals surface area contributed by atoms with Gasteiger partial charge in [-0.15, -0.1) is 0 Å². The fraction of sp³-hybridized carbons (Fsp3) is 0.579. The van der Waals surface area contributed by atoms with Crippen molar-refractivity contribution in [3.05, 3.63) is 23.8 Å². The van der Waals surface area contributed by atoms with Crippen LogP contribution in [0.1, 0.15) is 44.1 Å². The fourth-order valence-corrected chi connectivity index (χ4v) is 3.72. The minimum atomic E-state index is -0.0331. The van der Waals surface area contributed by atoms with Crippen molar-refractivity contribution in [1.82, 2.24) is 0 Å². The van der Waals surface area contributed by atoms with E-state index in [1.54, 1.807) is 4.90 Å². The van der Waals surface area contributed by atoms with E-state index in [0.29, 0.717) is 6.54 Å². The zero-order valence-electron chi connectivity index (χ0n) is 14.3. The van der Waals surface area contributed by atoms with Gasteiger partial charge in [0, 0.05) is 30.9 Å². The molecular formula is C19H26N2O3. The quantitative estimate of drug-likeness (QED) is 0.923. The molecule has 0 aromatic heterocycles. The van der Waals surface area contributed by atoms with Gasteiger partial charge in [0.1, 0.15) is 6.61 Å². The van der Waals surface area contributed by atoms with E-state index in [1.807, 2.05) is 18.2 Å². The number of fused-ring (bicyclic) bond motifs is 1. The zero-order valence-corrected chi connectivity index (χ0v) is 14.3. The van der Waals surface area contributed by atoms with E-state index < -0.39 is 0 Å². The Morgan fingerprint density at radius 3 is 2.75 bits per heavy atom. The minimum Gasteiger partial charge on any atom is -0.375 e. The Hall–Kier alpha value is -1.88. The molecule has 0 bridgehead atoms. The highest BCUT2D eigenvalue weighted by Crippen LogP contribution is 2.31. The van der Waals surface area contributed by atoms with Gasteiger partial charge in [0.25, 0.3) is 5.91 Å². The molecule has 0 atom stereocenters. The number of nitrogens with zero attached hydrogens (tertiary/aromatic N) is 1. The van der Waals surface area contributed by atoms with Crippen molar-refractivity contribution in [3.8, 4) is 0 Å². The molecule has 130 valence electrons. The number of amides is 2. The molecule has 1 saturated carbocycles. The maximum absolute atomic E-state index is 12.4. The predicted molar refractivity (Wildman–Crippen MR) is 94.2 cm³/mol. The summed E-state index contributed by atoms with van der Waals surface area (Å²) in [6.07, 6.45) is 7.39. The molecule has 5 heteroatoms. The Morgan fingerprint density at radius 1 is 1.21 bits per heavy atom. The molecule has 3 rings (SSSR count). The highest BCUT2D eigenvalue weighted by Gasteiger charge is 2.24. The Kier molecular flexibility index (Phi) is 5.51. The lowest BCUT2D eigenvalue weighted by molar-refractivity contribution is -0.122.